The molecule has 18 heavy (non-hydrogen) atoms. The molecule has 0 saturated heterocycles. The van der Waals surface area contributed by atoms with Crippen LogP contribution < -0.4 is 0 Å². The van der Waals surface area contributed by atoms with Crippen LogP contribution in [0, 0.1) is 0 Å². The molecule has 1 atom stereocenters. The second-order valence-electron chi connectivity index (χ2n) is 4.43. The van der Waals surface area contributed by atoms with Crippen LogP contribution in [0.3, 0.4) is 0 Å². The molecule has 1 aliphatic heterocycles. The van der Waals surface area contributed by atoms with E-state index < -0.39 is 6.09 Å². The average molecular weight is 314 g/mol. The zero-order chi connectivity index (χ0) is 13.1. The molecule has 0 fully saturated rings. The van der Waals surface area contributed by atoms with E-state index in [1.54, 1.807) is 7.05 Å². The second-order valence-corrected chi connectivity index (χ2v) is 5.29. The van der Waals surface area contributed by atoms with Crippen molar-refractivity contribution >= 4 is 22.0 Å². The maximum Gasteiger partial charge on any atom is 0.407 e. The fourth-order valence-electron chi connectivity index (χ4n) is 2.18. The van der Waals surface area contributed by atoms with Gasteiger partial charge in [0.25, 0.3) is 0 Å². The van der Waals surface area contributed by atoms with Crippen molar-refractivity contribution in [3.63, 3.8) is 0 Å². The average Bonchev–Trinajstić information content (AvgIpc) is 2.53. The van der Waals surface area contributed by atoms with Gasteiger partial charge in [-0.2, -0.15) is 0 Å². The molecule has 0 saturated carbocycles. The Balaban J connectivity index is 2.27. The molecule has 0 radical (unpaired) electrons. The summed E-state index contributed by atoms with van der Waals surface area (Å²) in [5.74, 6) is 0. The Hall–Kier alpha value is -1.07. The van der Waals surface area contributed by atoms with E-state index in [0.29, 0.717) is 13.2 Å². The number of likely N-dealkylation sites (N-methyl/N-ethyl adjacent to an activating group) is 1. The highest BCUT2D eigenvalue weighted by molar-refractivity contribution is 9.10. The fourth-order valence-corrected chi connectivity index (χ4v) is 2.76. The minimum Gasteiger partial charge on any atom is -0.465 e. The lowest BCUT2D eigenvalue weighted by molar-refractivity contribution is 0.0345. The molecule has 1 N–H and O–H groups in total. The van der Waals surface area contributed by atoms with Crippen LogP contribution >= 0.6 is 15.9 Å². The van der Waals surface area contributed by atoms with E-state index in [2.05, 4.69) is 15.9 Å². The number of carboxylic acid groups (broad SMARTS) is 1. The Morgan fingerprint density at radius 3 is 3.11 bits per heavy atom. The predicted molar refractivity (Wildman–Crippen MR) is 71.8 cm³/mol. The van der Waals surface area contributed by atoms with Crippen LogP contribution in [0.1, 0.15) is 23.7 Å². The molecule has 1 aliphatic rings. The molecule has 1 unspecified atom stereocenters. The van der Waals surface area contributed by atoms with Gasteiger partial charge in [0.2, 0.25) is 0 Å². The van der Waals surface area contributed by atoms with Gasteiger partial charge >= 0.3 is 6.09 Å². The lowest BCUT2D eigenvalue weighted by Gasteiger charge is -2.23. The first-order valence-electron chi connectivity index (χ1n) is 5.92. The highest BCUT2D eigenvalue weighted by Gasteiger charge is 2.23. The molecule has 0 aliphatic carbocycles. The molecule has 0 spiro atoms. The van der Waals surface area contributed by atoms with Gasteiger partial charge in [0.15, 0.2) is 0 Å². The quantitative estimate of drug-likeness (QED) is 0.913. The maximum atomic E-state index is 10.9. The lowest BCUT2D eigenvalue weighted by atomic mass is 9.99. The fraction of sp³-hybridized carbons (Fsp3) is 0.462. The Morgan fingerprint density at radius 2 is 2.39 bits per heavy atom. The Kier molecular flexibility index (Phi) is 4.24. The first-order valence-corrected chi connectivity index (χ1v) is 6.72. The molecule has 1 aromatic rings. The van der Waals surface area contributed by atoms with E-state index in [0.717, 1.165) is 22.9 Å². The van der Waals surface area contributed by atoms with Crippen LogP contribution in [0.25, 0.3) is 0 Å². The summed E-state index contributed by atoms with van der Waals surface area (Å²) in [6.45, 7) is 1.03. The molecule has 0 bridgehead atoms. The molecule has 2 rings (SSSR count). The number of fused-ring (bicyclic) bond motifs is 1. The van der Waals surface area contributed by atoms with E-state index >= 15 is 0 Å². The number of carbonyl (C=O) groups is 1. The number of nitrogens with zero attached hydrogens (tertiary/aromatic N) is 1. The molecule has 1 heterocycles. The van der Waals surface area contributed by atoms with Crippen molar-refractivity contribution in [3.8, 4) is 0 Å². The van der Waals surface area contributed by atoms with Gasteiger partial charge in [-0.25, -0.2) is 4.79 Å². The van der Waals surface area contributed by atoms with Crippen molar-refractivity contribution in [2.24, 2.45) is 0 Å². The normalized spacial score (nSPS) is 18.9. The molecule has 1 aromatic carbocycles. The van der Waals surface area contributed by atoms with Crippen LogP contribution in [-0.2, 0) is 11.2 Å². The highest BCUT2D eigenvalue weighted by Crippen LogP contribution is 2.31. The zero-order valence-corrected chi connectivity index (χ0v) is 11.8. The van der Waals surface area contributed by atoms with E-state index in [4.69, 9.17) is 9.84 Å². The minimum absolute atomic E-state index is 0.180. The number of ether oxygens (including phenoxy) is 1. The first kappa shape index (κ1) is 13.4. The van der Waals surface area contributed by atoms with Crippen LogP contribution in [0.2, 0.25) is 0 Å². The van der Waals surface area contributed by atoms with Gasteiger partial charge in [0.05, 0.1) is 6.54 Å². The van der Waals surface area contributed by atoms with Gasteiger partial charge in [0.1, 0.15) is 6.10 Å². The van der Waals surface area contributed by atoms with E-state index in [1.807, 2.05) is 18.2 Å². The topological polar surface area (TPSA) is 49.8 Å². The monoisotopic (exact) mass is 313 g/mol. The largest absolute Gasteiger partial charge is 0.465 e. The van der Waals surface area contributed by atoms with Crippen molar-refractivity contribution in [2.75, 3.05) is 20.2 Å². The van der Waals surface area contributed by atoms with Crippen molar-refractivity contribution in [1.29, 1.82) is 0 Å². The first-order chi connectivity index (χ1) is 8.59. The molecule has 98 valence electrons. The predicted octanol–water partition coefficient (Wildman–Crippen LogP) is 3.06. The van der Waals surface area contributed by atoms with E-state index in [1.165, 1.54) is 10.5 Å². The number of benzene rings is 1. The SMILES string of the molecule is CN(CC1OCCCc2c(Br)cccc21)C(=O)O. The molecular weight excluding hydrogens is 298 g/mol. The summed E-state index contributed by atoms with van der Waals surface area (Å²) in [4.78, 5) is 12.2. The summed E-state index contributed by atoms with van der Waals surface area (Å²) in [6, 6.07) is 6.00. The van der Waals surface area contributed by atoms with Crippen LogP contribution in [0.5, 0.6) is 0 Å². The van der Waals surface area contributed by atoms with Crippen LogP contribution in [-0.4, -0.2) is 36.3 Å². The number of amides is 1. The molecular formula is C13H16BrNO3. The Morgan fingerprint density at radius 1 is 1.61 bits per heavy atom. The maximum absolute atomic E-state index is 10.9. The van der Waals surface area contributed by atoms with Gasteiger partial charge in [0, 0.05) is 18.1 Å². The molecule has 4 nitrogen and oxygen atoms in total. The van der Waals surface area contributed by atoms with Gasteiger partial charge < -0.3 is 14.7 Å². The van der Waals surface area contributed by atoms with Crippen molar-refractivity contribution in [3.05, 3.63) is 33.8 Å². The third kappa shape index (κ3) is 2.84. The third-order valence-electron chi connectivity index (χ3n) is 3.16. The standard InChI is InChI=1S/C13H16BrNO3/c1-15(13(16)17)8-12-10-4-2-6-11(14)9(10)5-3-7-18-12/h2,4,6,12H,3,5,7-8H2,1H3,(H,16,17). The minimum atomic E-state index is -0.931. The summed E-state index contributed by atoms with van der Waals surface area (Å²) < 4.78 is 6.86. The zero-order valence-electron chi connectivity index (χ0n) is 10.2. The van der Waals surface area contributed by atoms with Crippen LogP contribution in [0.15, 0.2) is 22.7 Å². The highest BCUT2D eigenvalue weighted by atomic mass is 79.9. The van der Waals surface area contributed by atoms with Crippen molar-refractivity contribution in [1.82, 2.24) is 4.90 Å². The number of hydrogen-bond donors (Lipinski definition) is 1. The van der Waals surface area contributed by atoms with Crippen molar-refractivity contribution < 1.29 is 14.6 Å². The van der Waals surface area contributed by atoms with Gasteiger partial charge in [-0.1, -0.05) is 28.1 Å². The number of hydrogen-bond acceptors (Lipinski definition) is 2. The van der Waals surface area contributed by atoms with Crippen LogP contribution in [0.4, 0.5) is 4.79 Å². The molecule has 0 aromatic heterocycles. The molecule has 1 amide bonds. The summed E-state index contributed by atoms with van der Waals surface area (Å²) in [5, 5.41) is 8.95. The summed E-state index contributed by atoms with van der Waals surface area (Å²) >= 11 is 3.55. The summed E-state index contributed by atoms with van der Waals surface area (Å²) in [5.41, 5.74) is 2.33. The van der Waals surface area contributed by atoms with Crippen molar-refractivity contribution in [2.45, 2.75) is 18.9 Å². The van der Waals surface area contributed by atoms with E-state index in [-0.39, 0.29) is 6.10 Å². The smallest absolute Gasteiger partial charge is 0.407 e. The van der Waals surface area contributed by atoms with Gasteiger partial charge in [-0.3, -0.25) is 0 Å². The van der Waals surface area contributed by atoms with E-state index in [9.17, 15) is 4.79 Å². The Bertz CT molecular complexity index is 450. The Labute approximate surface area is 115 Å². The number of rotatable bonds is 2. The molecule has 5 heteroatoms. The van der Waals surface area contributed by atoms with Gasteiger partial charge in [-0.15, -0.1) is 0 Å². The lowest BCUT2D eigenvalue weighted by Crippen LogP contribution is -2.30. The summed E-state index contributed by atoms with van der Waals surface area (Å²) in [6.07, 6.45) is 0.813. The number of halogens is 1. The van der Waals surface area contributed by atoms with Gasteiger partial charge in [-0.05, 0) is 30.0 Å². The third-order valence-corrected chi connectivity index (χ3v) is 3.90. The summed E-state index contributed by atoms with van der Waals surface area (Å²) in [7, 11) is 1.56. The second kappa shape index (κ2) is 5.71.